The van der Waals surface area contributed by atoms with Crippen molar-refractivity contribution in [2.24, 2.45) is 5.92 Å². The molecular formula is C16H33N. The monoisotopic (exact) mass is 239 g/mol. The van der Waals surface area contributed by atoms with E-state index in [1.807, 2.05) is 0 Å². The summed E-state index contributed by atoms with van der Waals surface area (Å²) in [5.41, 5.74) is 0. The van der Waals surface area contributed by atoms with Crippen molar-refractivity contribution in [3.8, 4) is 0 Å². The Morgan fingerprint density at radius 1 is 0.941 bits per heavy atom. The third-order valence-electron chi connectivity index (χ3n) is 4.18. The molecule has 0 saturated heterocycles. The number of nitrogens with one attached hydrogen (secondary N) is 1. The van der Waals surface area contributed by atoms with Gasteiger partial charge in [0.25, 0.3) is 0 Å². The Bertz CT molecular complexity index is 167. The van der Waals surface area contributed by atoms with Crippen LogP contribution in [-0.4, -0.2) is 12.6 Å². The second-order valence-electron chi connectivity index (χ2n) is 5.89. The number of hydrogen-bond acceptors (Lipinski definition) is 1. The van der Waals surface area contributed by atoms with Crippen LogP contribution >= 0.6 is 0 Å². The smallest absolute Gasteiger partial charge is 0.00696 e. The van der Waals surface area contributed by atoms with Gasteiger partial charge in [-0.25, -0.2) is 0 Å². The number of unbranched alkanes of at least 4 members (excludes halogenated alkanes) is 3. The molecule has 1 aliphatic carbocycles. The average Bonchev–Trinajstić information content (AvgIpc) is 2.57. The summed E-state index contributed by atoms with van der Waals surface area (Å²) in [5, 5.41) is 3.74. The third kappa shape index (κ3) is 7.08. The van der Waals surface area contributed by atoms with E-state index in [1.54, 1.807) is 0 Å². The van der Waals surface area contributed by atoms with E-state index < -0.39 is 0 Å². The normalized spacial score (nSPS) is 25.8. The minimum Gasteiger partial charge on any atom is -0.314 e. The van der Waals surface area contributed by atoms with Crippen LogP contribution in [0, 0.1) is 5.92 Å². The van der Waals surface area contributed by atoms with Crippen molar-refractivity contribution in [3.63, 3.8) is 0 Å². The molecule has 0 radical (unpaired) electrons. The maximum atomic E-state index is 3.74. The van der Waals surface area contributed by atoms with Crippen molar-refractivity contribution in [3.05, 3.63) is 0 Å². The lowest BCUT2D eigenvalue weighted by Gasteiger charge is -2.21. The van der Waals surface area contributed by atoms with Crippen molar-refractivity contribution < 1.29 is 0 Å². The standard InChI is InChI=1S/C16H33N/c1-3-5-6-7-10-15-11-8-9-12-16(14-15)17-13-4-2/h15-17H,3-14H2,1-2H3. The molecule has 0 bridgehead atoms. The third-order valence-corrected chi connectivity index (χ3v) is 4.18. The van der Waals surface area contributed by atoms with Crippen molar-refractivity contribution in [2.75, 3.05) is 6.54 Å². The Labute approximate surface area is 109 Å². The fourth-order valence-corrected chi connectivity index (χ4v) is 3.12. The second kappa shape index (κ2) is 9.94. The van der Waals surface area contributed by atoms with Crippen molar-refractivity contribution in [2.45, 2.75) is 90.5 Å². The van der Waals surface area contributed by atoms with Crippen LogP contribution in [0.15, 0.2) is 0 Å². The van der Waals surface area contributed by atoms with Gasteiger partial charge in [0, 0.05) is 6.04 Å². The molecule has 2 unspecified atom stereocenters. The molecule has 1 nitrogen and oxygen atoms in total. The molecule has 0 amide bonds. The minimum absolute atomic E-state index is 0.827. The Balaban J connectivity index is 2.18. The van der Waals surface area contributed by atoms with Gasteiger partial charge in [-0.2, -0.15) is 0 Å². The van der Waals surface area contributed by atoms with Crippen molar-refractivity contribution >= 4 is 0 Å². The van der Waals surface area contributed by atoms with E-state index in [0.29, 0.717) is 0 Å². The van der Waals surface area contributed by atoms with E-state index >= 15 is 0 Å². The van der Waals surface area contributed by atoms with Gasteiger partial charge in [0.1, 0.15) is 0 Å². The van der Waals surface area contributed by atoms with Crippen molar-refractivity contribution in [1.29, 1.82) is 0 Å². The molecule has 0 heterocycles. The highest BCUT2D eigenvalue weighted by Gasteiger charge is 2.19. The SMILES string of the molecule is CCCCCCC1CCCCC(NCCC)C1. The quantitative estimate of drug-likeness (QED) is 0.469. The van der Waals surface area contributed by atoms with Crippen LogP contribution in [0.25, 0.3) is 0 Å². The summed E-state index contributed by atoms with van der Waals surface area (Å²) in [4.78, 5) is 0. The summed E-state index contributed by atoms with van der Waals surface area (Å²) >= 11 is 0. The second-order valence-corrected chi connectivity index (χ2v) is 5.89. The molecule has 0 aromatic rings. The molecule has 1 rings (SSSR count). The first-order chi connectivity index (χ1) is 8.36. The highest BCUT2D eigenvalue weighted by molar-refractivity contribution is 4.76. The lowest BCUT2D eigenvalue weighted by molar-refractivity contribution is 0.357. The minimum atomic E-state index is 0.827. The van der Waals surface area contributed by atoms with E-state index in [9.17, 15) is 0 Å². The summed E-state index contributed by atoms with van der Waals surface area (Å²) in [6.07, 6.45) is 15.8. The summed E-state index contributed by atoms with van der Waals surface area (Å²) in [6.45, 7) is 5.79. The molecule has 1 heteroatoms. The van der Waals surface area contributed by atoms with Gasteiger partial charge in [-0.15, -0.1) is 0 Å². The number of rotatable bonds is 8. The first-order valence-corrected chi connectivity index (χ1v) is 8.10. The Morgan fingerprint density at radius 2 is 1.76 bits per heavy atom. The Hall–Kier alpha value is -0.0400. The molecule has 1 saturated carbocycles. The Kier molecular flexibility index (Phi) is 8.78. The highest BCUT2D eigenvalue weighted by Crippen LogP contribution is 2.27. The first-order valence-electron chi connectivity index (χ1n) is 8.10. The summed E-state index contributed by atoms with van der Waals surface area (Å²) < 4.78 is 0. The molecule has 0 aromatic heterocycles. The van der Waals surface area contributed by atoms with E-state index in [-0.39, 0.29) is 0 Å². The van der Waals surface area contributed by atoms with Gasteiger partial charge in [0.2, 0.25) is 0 Å². The van der Waals surface area contributed by atoms with Gasteiger partial charge in [0.05, 0.1) is 0 Å². The van der Waals surface area contributed by atoms with Crippen molar-refractivity contribution in [1.82, 2.24) is 5.32 Å². The van der Waals surface area contributed by atoms with Crippen LogP contribution in [0.5, 0.6) is 0 Å². The molecule has 17 heavy (non-hydrogen) atoms. The molecule has 0 aromatic carbocycles. The van der Waals surface area contributed by atoms with Crippen LogP contribution in [0.1, 0.15) is 84.5 Å². The fraction of sp³-hybridized carbons (Fsp3) is 1.00. The zero-order valence-electron chi connectivity index (χ0n) is 12.1. The molecular weight excluding hydrogens is 206 g/mol. The topological polar surface area (TPSA) is 12.0 Å². The van der Waals surface area contributed by atoms with E-state index in [0.717, 1.165) is 12.0 Å². The Morgan fingerprint density at radius 3 is 2.53 bits per heavy atom. The van der Waals surface area contributed by atoms with Crippen LogP contribution in [0.2, 0.25) is 0 Å². The molecule has 2 atom stereocenters. The van der Waals surface area contributed by atoms with Gasteiger partial charge in [-0.1, -0.05) is 65.2 Å². The van der Waals surface area contributed by atoms with Gasteiger partial charge < -0.3 is 5.32 Å². The van der Waals surface area contributed by atoms with E-state index in [2.05, 4.69) is 19.2 Å². The van der Waals surface area contributed by atoms with Gasteiger partial charge in [0.15, 0.2) is 0 Å². The summed E-state index contributed by atoms with van der Waals surface area (Å²) in [5.74, 6) is 1.02. The van der Waals surface area contributed by atoms with Gasteiger partial charge in [-0.05, 0) is 31.7 Å². The van der Waals surface area contributed by atoms with E-state index in [4.69, 9.17) is 0 Å². The summed E-state index contributed by atoms with van der Waals surface area (Å²) in [7, 11) is 0. The molecule has 1 aliphatic rings. The maximum Gasteiger partial charge on any atom is 0.00696 e. The number of hydrogen-bond donors (Lipinski definition) is 1. The molecule has 1 fully saturated rings. The molecule has 1 N–H and O–H groups in total. The highest BCUT2D eigenvalue weighted by atomic mass is 14.9. The van der Waals surface area contributed by atoms with Crippen LogP contribution < -0.4 is 5.32 Å². The lowest BCUT2D eigenvalue weighted by Crippen LogP contribution is -2.30. The lowest BCUT2D eigenvalue weighted by atomic mass is 9.92. The van der Waals surface area contributed by atoms with E-state index in [1.165, 1.54) is 77.2 Å². The van der Waals surface area contributed by atoms with Gasteiger partial charge >= 0.3 is 0 Å². The summed E-state index contributed by atoms with van der Waals surface area (Å²) in [6, 6.07) is 0.827. The van der Waals surface area contributed by atoms with Crippen LogP contribution in [0.4, 0.5) is 0 Å². The average molecular weight is 239 g/mol. The predicted molar refractivity (Wildman–Crippen MR) is 77.4 cm³/mol. The maximum absolute atomic E-state index is 3.74. The van der Waals surface area contributed by atoms with Crippen LogP contribution in [0.3, 0.4) is 0 Å². The fourth-order valence-electron chi connectivity index (χ4n) is 3.12. The van der Waals surface area contributed by atoms with Crippen LogP contribution in [-0.2, 0) is 0 Å². The largest absolute Gasteiger partial charge is 0.314 e. The molecule has 0 spiro atoms. The molecule has 102 valence electrons. The first kappa shape index (κ1) is 15.0. The van der Waals surface area contributed by atoms with Gasteiger partial charge in [-0.3, -0.25) is 0 Å². The zero-order chi connectivity index (χ0) is 12.3. The molecule has 0 aliphatic heterocycles. The predicted octanol–water partition coefficient (Wildman–Crippen LogP) is 4.91. The zero-order valence-corrected chi connectivity index (χ0v) is 12.1.